The monoisotopic (exact) mass is 417 g/mol. The molecule has 160 valence electrons. The van der Waals surface area contributed by atoms with E-state index in [1.54, 1.807) is 4.90 Å². The second kappa shape index (κ2) is 9.29. The molecule has 1 saturated heterocycles. The van der Waals surface area contributed by atoms with Gasteiger partial charge in [-0.2, -0.15) is 5.26 Å². The molecule has 0 spiro atoms. The lowest BCUT2D eigenvalue weighted by Crippen LogP contribution is -2.51. The first kappa shape index (κ1) is 21.0. The molecule has 2 amide bonds. The van der Waals surface area contributed by atoms with Gasteiger partial charge in [0, 0.05) is 45.2 Å². The first-order chi connectivity index (χ1) is 15.0. The van der Waals surface area contributed by atoms with Gasteiger partial charge in [0.1, 0.15) is 0 Å². The Hall–Kier alpha value is -3.21. The zero-order chi connectivity index (χ0) is 21.8. The Bertz CT molecular complexity index is 990. The number of fused-ring (bicyclic) bond motifs is 1. The predicted molar refractivity (Wildman–Crippen MR) is 120 cm³/mol. The summed E-state index contributed by atoms with van der Waals surface area (Å²) in [6.45, 7) is 6.54. The van der Waals surface area contributed by atoms with Crippen LogP contribution in [0.1, 0.15) is 24.5 Å². The molecular weight excluding hydrogens is 390 g/mol. The number of carbonyl (C=O) groups excluding carboxylic acids is 2. The van der Waals surface area contributed by atoms with Crippen LogP contribution >= 0.6 is 0 Å². The lowest BCUT2D eigenvalue weighted by atomic mass is 10.1. The van der Waals surface area contributed by atoms with Crippen molar-refractivity contribution in [2.45, 2.75) is 25.9 Å². The quantitative estimate of drug-likeness (QED) is 0.827. The number of hydrogen-bond acceptors (Lipinski definition) is 5. The van der Waals surface area contributed by atoms with E-state index in [2.05, 4.69) is 21.2 Å². The number of rotatable bonds is 4. The van der Waals surface area contributed by atoms with Crippen LogP contribution in [0.15, 0.2) is 48.5 Å². The molecule has 1 fully saturated rings. The molecule has 2 aliphatic rings. The molecular formula is C24H27N5O2. The Balaban J connectivity index is 1.35. The van der Waals surface area contributed by atoms with Gasteiger partial charge < -0.3 is 10.2 Å². The summed E-state index contributed by atoms with van der Waals surface area (Å²) < 4.78 is 0. The minimum absolute atomic E-state index is 0.0250. The van der Waals surface area contributed by atoms with Crippen LogP contribution < -0.4 is 10.2 Å². The number of amides is 2. The molecule has 2 aromatic rings. The van der Waals surface area contributed by atoms with Gasteiger partial charge in [-0.1, -0.05) is 24.3 Å². The number of hydrogen-bond donors (Lipinski definition) is 1. The molecule has 0 saturated carbocycles. The molecule has 1 atom stereocenters. The summed E-state index contributed by atoms with van der Waals surface area (Å²) in [5.41, 5.74) is 3.33. The largest absolute Gasteiger partial charge is 0.324 e. The molecule has 2 heterocycles. The highest BCUT2D eigenvalue weighted by Gasteiger charge is 2.31. The summed E-state index contributed by atoms with van der Waals surface area (Å²) in [6.07, 6.45) is 0.290. The summed E-state index contributed by atoms with van der Waals surface area (Å²) in [5, 5.41) is 11.8. The van der Waals surface area contributed by atoms with Gasteiger partial charge in [-0.3, -0.25) is 19.4 Å². The molecule has 1 unspecified atom stereocenters. The maximum atomic E-state index is 13.2. The van der Waals surface area contributed by atoms with Crippen LogP contribution in [0, 0.1) is 11.3 Å². The van der Waals surface area contributed by atoms with E-state index in [0.29, 0.717) is 24.2 Å². The lowest BCUT2D eigenvalue weighted by molar-refractivity contribution is -0.120. The molecule has 0 aromatic heterocycles. The summed E-state index contributed by atoms with van der Waals surface area (Å²) in [4.78, 5) is 31.7. The van der Waals surface area contributed by atoms with Crippen molar-refractivity contribution < 1.29 is 9.59 Å². The van der Waals surface area contributed by atoms with Crippen molar-refractivity contribution in [1.29, 1.82) is 5.26 Å². The van der Waals surface area contributed by atoms with E-state index >= 15 is 0 Å². The summed E-state index contributed by atoms with van der Waals surface area (Å²) in [5.74, 6) is -0.0383. The maximum Gasteiger partial charge on any atom is 0.241 e. The Kier molecular flexibility index (Phi) is 6.31. The van der Waals surface area contributed by atoms with Gasteiger partial charge >= 0.3 is 0 Å². The number of anilines is 2. The molecule has 0 aliphatic carbocycles. The first-order valence-electron chi connectivity index (χ1n) is 10.7. The zero-order valence-electron chi connectivity index (χ0n) is 17.8. The average Bonchev–Trinajstić information content (AvgIpc) is 2.89. The van der Waals surface area contributed by atoms with Crippen LogP contribution in [0.5, 0.6) is 0 Å². The van der Waals surface area contributed by atoms with Gasteiger partial charge in [-0.05, 0) is 36.8 Å². The van der Waals surface area contributed by atoms with Crippen LogP contribution in [0.4, 0.5) is 11.4 Å². The number of nitrogens with one attached hydrogen (secondary N) is 1. The van der Waals surface area contributed by atoms with Crippen LogP contribution in [0.25, 0.3) is 0 Å². The fourth-order valence-electron chi connectivity index (χ4n) is 4.28. The summed E-state index contributed by atoms with van der Waals surface area (Å²) in [6, 6.07) is 17.2. The molecule has 4 rings (SSSR count). The van der Waals surface area contributed by atoms with Gasteiger partial charge in [0.05, 0.1) is 29.6 Å². The van der Waals surface area contributed by atoms with Gasteiger partial charge in [0.25, 0.3) is 0 Å². The van der Waals surface area contributed by atoms with E-state index in [4.69, 9.17) is 5.26 Å². The molecule has 2 aliphatic heterocycles. The Morgan fingerprint density at radius 1 is 1.06 bits per heavy atom. The third kappa shape index (κ3) is 4.93. The van der Waals surface area contributed by atoms with Gasteiger partial charge in [0.15, 0.2) is 0 Å². The van der Waals surface area contributed by atoms with Crippen molar-refractivity contribution in [1.82, 2.24) is 9.80 Å². The van der Waals surface area contributed by atoms with Crippen molar-refractivity contribution in [3.8, 4) is 6.07 Å². The second-order valence-electron chi connectivity index (χ2n) is 8.24. The average molecular weight is 418 g/mol. The SMILES string of the molecule is CC1CC(=O)Nc2ccccc2N1C(=O)CN1CCN(Cc2ccc(C#N)cc2)CC1. The molecule has 0 radical (unpaired) electrons. The minimum atomic E-state index is -0.186. The highest BCUT2D eigenvalue weighted by molar-refractivity contribution is 6.04. The van der Waals surface area contributed by atoms with Crippen molar-refractivity contribution >= 4 is 23.2 Å². The Morgan fingerprint density at radius 2 is 1.74 bits per heavy atom. The summed E-state index contributed by atoms with van der Waals surface area (Å²) >= 11 is 0. The first-order valence-corrected chi connectivity index (χ1v) is 10.7. The van der Waals surface area contributed by atoms with Gasteiger partial charge in [-0.25, -0.2) is 0 Å². The lowest BCUT2D eigenvalue weighted by Gasteiger charge is -2.36. The minimum Gasteiger partial charge on any atom is -0.324 e. The van der Waals surface area contributed by atoms with Gasteiger partial charge in [-0.15, -0.1) is 0 Å². The van der Waals surface area contributed by atoms with Crippen molar-refractivity contribution in [3.63, 3.8) is 0 Å². The van der Waals surface area contributed by atoms with E-state index in [0.717, 1.165) is 38.4 Å². The van der Waals surface area contributed by atoms with Gasteiger partial charge in [0.2, 0.25) is 11.8 Å². The third-order valence-corrected chi connectivity index (χ3v) is 5.94. The summed E-state index contributed by atoms with van der Waals surface area (Å²) in [7, 11) is 0. The zero-order valence-corrected chi connectivity index (χ0v) is 17.8. The van der Waals surface area contributed by atoms with E-state index in [1.807, 2.05) is 55.5 Å². The predicted octanol–water partition coefficient (Wildman–Crippen LogP) is 2.44. The highest BCUT2D eigenvalue weighted by atomic mass is 16.2. The number of nitrogens with zero attached hydrogens (tertiary/aromatic N) is 4. The van der Waals surface area contributed by atoms with Crippen molar-refractivity contribution in [2.24, 2.45) is 0 Å². The number of nitriles is 1. The fraction of sp³-hybridized carbons (Fsp3) is 0.375. The van der Waals surface area contributed by atoms with Crippen molar-refractivity contribution in [3.05, 3.63) is 59.7 Å². The molecule has 1 N–H and O–H groups in total. The second-order valence-corrected chi connectivity index (χ2v) is 8.24. The van der Waals surface area contributed by atoms with E-state index < -0.39 is 0 Å². The highest BCUT2D eigenvalue weighted by Crippen LogP contribution is 2.31. The number of piperazine rings is 1. The van der Waals surface area contributed by atoms with Crippen molar-refractivity contribution in [2.75, 3.05) is 42.9 Å². The smallest absolute Gasteiger partial charge is 0.241 e. The normalized spacial score (nSPS) is 19.8. The number of carbonyl (C=O) groups is 2. The molecule has 7 nitrogen and oxygen atoms in total. The van der Waals surface area contributed by atoms with E-state index in [9.17, 15) is 9.59 Å². The molecule has 7 heteroatoms. The molecule has 2 aromatic carbocycles. The topological polar surface area (TPSA) is 79.7 Å². The maximum absolute atomic E-state index is 13.2. The third-order valence-electron chi connectivity index (χ3n) is 5.94. The standard InChI is InChI=1S/C24H27N5O2/c1-18-14-23(30)26-21-4-2-3-5-22(21)29(18)24(31)17-28-12-10-27(11-13-28)16-20-8-6-19(15-25)7-9-20/h2-9,18H,10-14,16-17H2,1H3,(H,26,30). The number of benzene rings is 2. The Morgan fingerprint density at radius 3 is 2.45 bits per heavy atom. The van der Waals surface area contributed by atoms with E-state index in [1.165, 1.54) is 5.56 Å². The Labute approximate surface area is 182 Å². The van der Waals surface area contributed by atoms with Crippen LogP contribution in [-0.4, -0.2) is 60.4 Å². The van der Waals surface area contributed by atoms with E-state index in [-0.39, 0.29) is 17.9 Å². The number of para-hydroxylation sites is 2. The van der Waals surface area contributed by atoms with Crippen LogP contribution in [-0.2, 0) is 16.1 Å². The molecule has 31 heavy (non-hydrogen) atoms. The van der Waals surface area contributed by atoms with Crippen LogP contribution in [0.3, 0.4) is 0 Å². The fourth-order valence-corrected chi connectivity index (χ4v) is 4.28. The van der Waals surface area contributed by atoms with Crippen LogP contribution in [0.2, 0.25) is 0 Å². The molecule has 0 bridgehead atoms.